The highest BCUT2D eigenvalue weighted by atomic mass is 127. The first-order valence-corrected chi connectivity index (χ1v) is 6.91. The molecule has 0 aliphatic rings. The number of halogens is 2. The van der Waals surface area contributed by atoms with Gasteiger partial charge in [-0.3, -0.25) is 4.79 Å². The molecule has 2 heterocycles. The van der Waals surface area contributed by atoms with Crippen LogP contribution >= 0.6 is 22.6 Å². The minimum absolute atomic E-state index is 0.245. The number of carbonyl (C=O) groups excluding carboxylic acids is 1. The van der Waals surface area contributed by atoms with E-state index in [1.807, 2.05) is 24.3 Å². The van der Waals surface area contributed by atoms with Gasteiger partial charge in [0.15, 0.2) is 0 Å². The van der Waals surface area contributed by atoms with Crippen molar-refractivity contribution in [1.82, 2.24) is 9.38 Å². The Morgan fingerprint density at radius 3 is 2.65 bits per heavy atom. The number of nitrogens with zero attached hydrogens (tertiary/aromatic N) is 2. The molecule has 0 saturated carbocycles. The molecule has 1 amide bonds. The topological polar surface area (TPSA) is 46.4 Å². The number of carbonyl (C=O) groups is 1. The first kappa shape index (κ1) is 13.0. The zero-order valence-electron chi connectivity index (χ0n) is 10.2. The van der Waals surface area contributed by atoms with Crippen molar-refractivity contribution < 1.29 is 9.18 Å². The van der Waals surface area contributed by atoms with E-state index >= 15 is 0 Å². The molecule has 0 atom stereocenters. The van der Waals surface area contributed by atoms with E-state index in [2.05, 4.69) is 32.9 Å². The van der Waals surface area contributed by atoms with Gasteiger partial charge in [0.25, 0.3) is 5.91 Å². The molecule has 4 nitrogen and oxygen atoms in total. The summed E-state index contributed by atoms with van der Waals surface area (Å²) in [5.74, 6) is -0.699. The molecule has 20 heavy (non-hydrogen) atoms. The Labute approximate surface area is 127 Å². The smallest absolute Gasteiger partial charge is 0.275 e. The minimum Gasteiger partial charge on any atom is -0.321 e. The van der Waals surface area contributed by atoms with Crippen molar-refractivity contribution in [2.24, 2.45) is 0 Å². The molecule has 1 N–H and O–H groups in total. The summed E-state index contributed by atoms with van der Waals surface area (Å²) in [6, 6.07) is 10.3. The van der Waals surface area contributed by atoms with Crippen LogP contribution in [0.2, 0.25) is 0 Å². The van der Waals surface area contributed by atoms with Crippen LogP contribution in [0.1, 0.15) is 10.5 Å². The number of rotatable bonds is 2. The number of nitrogens with one attached hydrogen (secondary N) is 1. The second-order valence-electron chi connectivity index (χ2n) is 4.20. The fraction of sp³-hybridized carbons (Fsp3) is 0. The Morgan fingerprint density at radius 1 is 1.15 bits per heavy atom. The first-order chi connectivity index (χ1) is 9.61. The number of hydrogen-bond donors (Lipinski definition) is 1. The predicted octanol–water partition coefficient (Wildman–Crippen LogP) is 3.33. The van der Waals surface area contributed by atoms with Crippen LogP contribution in [0.5, 0.6) is 0 Å². The minimum atomic E-state index is -0.375. The molecule has 0 unspecified atom stereocenters. The molecule has 0 aliphatic heterocycles. The van der Waals surface area contributed by atoms with E-state index < -0.39 is 0 Å². The van der Waals surface area contributed by atoms with Gasteiger partial charge >= 0.3 is 0 Å². The molecular weight excluding hydrogens is 372 g/mol. The highest BCUT2D eigenvalue weighted by Gasteiger charge is 2.11. The highest BCUT2D eigenvalue weighted by Crippen LogP contribution is 2.13. The monoisotopic (exact) mass is 381 g/mol. The maximum atomic E-state index is 13.1. The normalized spacial score (nSPS) is 10.7. The van der Waals surface area contributed by atoms with Gasteiger partial charge < -0.3 is 9.72 Å². The molecule has 0 spiro atoms. The van der Waals surface area contributed by atoms with Gasteiger partial charge in [0.2, 0.25) is 0 Å². The number of fused-ring (bicyclic) bond motifs is 1. The number of hydrogen-bond acceptors (Lipinski definition) is 2. The van der Waals surface area contributed by atoms with Crippen molar-refractivity contribution in [3.63, 3.8) is 0 Å². The van der Waals surface area contributed by atoms with Gasteiger partial charge in [0.05, 0.1) is 0 Å². The van der Waals surface area contributed by atoms with Crippen molar-refractivity contribution in [1.29, 1.82) is 0 Å². The fourth-order valence-electron chi connectivity index (χ4n) is 1.80. The van der Waals surface area contributed by atoms with E-state index in [-0.39, 0.29) is 17.4 Å². The van der Waals surface area contributed by atoms with E-state index in [1.54, 1.807) is 0 Å². The van der Waals surface area contributed by atoms with Gasteiger partial charge in [-0.1, -0.05) is 0 Å². The summed E-state index contributed by atoms with van der Waals surface area (Å²) in [6.45, 7) is 0. The van der Waals surface area contributed by atoms with E-state index in [0.717, 1.165) is 3.57 Å². The molecule has 0 saturated heterocycles. The standard InChI is InChI=1S/C14H9FIN3O/c15-9-1-6-13-18-12(8-19(13)7-9)14(20)17-11-4-2-10(16)3-5-11/h1-8H,(H,17,20). The van der Waals surface area contributed by atoms with Crippen LogP contribution in [0.25, 0.3) is 5.65 Å². The third-order valence-electron chi connectivity index (χ3n) is 2.75. The lowest BCUT2D eigenvalue weighted by Crippen LogP contribution is -2.12. The van der Waals surface area contributed by atoms with Crippen molar-refractivity contribution in [2.75, 3.05) is 5.32 Å². The first-order valence-electron chi connectivity index (χ1n) is 5.83. The van der Waals surface area contributed by atoms with Crippen LogP contribution in [0, 0.1) is 9.39 Å². The van der Waals surface area contributed by atoms with Gasteiger partial charge in [-0.2, -0.15) is 0 Å². The Morgan fingerprint density at radius 2 is 1.90 bits per heavy atom. The quantitative estimate of drug-likeness (QED) is 0.693. The van der Waals surface area contributed by atoms with Gasteiger partial charge in [0.1, 0.15) is 17.2 Å². The van der Waals surface area contributed by atoms with Crippen molar-refractivity contribution in [3.05, 3.63) is 63.9 Å². The highest BCUT2D eigenvalue weighted by molar-refractivity contribution is 14.1. The number of imidazole rings is 1. The van der Waals surface area contributed by atoms with Crippen molar-refractivity contribution in [2.45, 2.75) is 0 Å². The lowest BCUT2D eigenvalue weighted by Gasteiger charge is -2.02. The van der Waals surface area contributed by atoms with Gasteiger partial charge in [-0.05, 0) is 59.0 Å². The summed E-state index contributed by atoms with van der Waals surface area (Å²) in [7, 11) is 0. The Bertz CT molecular complexity index is 783. The zero-order valence-corrected chi connectivity index (χ0v) is 12.3. The maximum Gasteiger partial charge on any atom is 0.275 e. The third-order valence-corrected chi connectivity index (χ3v) is 3.47. The fourth-order valence-corrected chi connectivity index (χ4v) is 2.16. The summed E-state index contributed by atoms with van der Waals surface area (Å²) in [6.07, 6.45) is 2.78. The molecule has 1 aromatic carbocycles. The molecule has 3 rings (SSSR count). The number of pyridine rings is 1. The number of aromatic nitrogens is 2. The van der Waals surface area contributed by atoms with Crippen LogP contribution in [-0.4, -0.2) is 15.3 Å². The average Bonchev–Trinajstić information content (AvgIpc) is 2.84. The maximum absolute atomic E-state index is 13.1. The van der Waals surface area contributed by atoms with Crippen LogP contribution in [0.15, 0.2) is 48.8 Å². The summed E-state index contributed by atoms with van der Waals surface area (Å²) in [4.78, 5) is 16.2. The van der Waals surface area contributed by atoms with E-state index in [0.29, 0.717) is 11.3 Å². The van der Waals surface area contributed by atoms with Crippen LogP contribution < -0.4 is 5.32 Å². The summed E-state index contributed by atoms with van der Waals surface area (Å²) in [5.41, 5.74) is 1.46. The largest absolute Gasteiger partial charge is 0.321 e. The molecule has 3 aromatic rings. The Balaban J connectivity index is 1.86. The van der Waals surface area contributed by atoms with Crippen LogP contribution in [0.4, 0.5) is 10.1 Å². The van der Waals surface area contributed by atoms with E-state index in [9.17, 15) is 9.18 Å². The molecule has 0 fully saturated rings. The van der Waals surface area contributed by atoms with E-state index in [1.165, 1.54) is 28.9 Å². The number of amides is 1. The Kier molecular flexibility index (Phi) is 3.39. The predicted molar refractivity (Wildman–Crippen MR) is 82.3 cm³/mol. The summed E-state index contributed by atoms with van der Waals surface area (Å²) in [5, 5.41) is 2.75. The van der Waals surface area contributed by atoms with Crippen molar-refractivity contribution >= 4 is 39.8 Å². The van der Waals surface area contributed by atoms with Crippen LogP contribution in [0.3, 0.4) is 0 Å². The second kappa shape index (κ2) is 5.20. The number of benzene rings is 1. The zero-order chi connectivity index (χ0) is 14.1. The van der Waals surface area contributed by atoms with Gasteiger partial charge in [0, 0.05) is 21.7 Å². The lowest BCUT2D eigenvalue weighted by atomic mass is 10.3. The summed E-state index contributed by atoms with van der Waals surface area (Å²) >= 11 is 2.19. The molecule has 0 aliphatic carbocycles. The molecular formula is C14H9FIN3O. The van der Waals surface area contributed by atoms with Crippen molar-refractivity contribution in [3.8, 4) is 0 Å². The molecule has 100 valence electrons. The molecule has 0 bridgehead atoms. The third kappa shape index (κ3) is 2.64. The molecule has 6 heteroatoms. The number of anilines is 1. The summed E-state index contributed by atoms with van der Waals surface area (Å²) < 4.78 is 15.7. The van der Waals surface area contributed by atoms with E-state index in [4.69, 9.17) is 0 Å². The molecule has 0 radical (unpaired) electrons. The lowest BCUT2D eigenvalue weighted by molar-refractivity contribution is 0.102. The van der Waals surface area contributed by atoms with Gasteiger partial charge in [-0.25, -0.2) is 9.37 Å². The second-order valence-corrected chi connectivity index (χ2v) is 5.45. The average molecular weight is 381 g/mol. The molecule has 2 aromatic heterocycles. The van der Waals surface area contributed by atoms with Crippen LogP contribution in [-0.2, 0) is 0 Å². The Hall–Kier alpha value is -1.96. The SMILES string of the molecule is O=C(Nc1ccc(I)cc1)c1cn2cc(F)ccc2n1. The van der Waals surface area contributed by atoms with Gasteiger partial charge in [-0.15, -0.1) is 0 Å².